The summed E-state index contributed by atoms with van der Waals surface area (Å²) in [6.45, 7) is 3.32. The average Bonchev–Trinajstić information content (AvgIpc) is 3.08. The van der Waals surface area contributed by atoms with Crippen LogP contribution < -0.4 is 10.2 Å². The predicted octanol–water partition coefficient (Wildman–Crippen LogP) is 2.57. The van der Waals surface area contributed by atoms with Crippen LogP contribution >= 0.6 is 11.6 Å². The van der Waals surface area contributed by atoms with Crippen LogP contribution in [0.2, 0.25) is 5.02 Å². The van der Waals surface area contributed by atoms with E-state index in [0.29, 0.717) is 22.4 Å². The minimum Gasteiger partial charge on any atom is -0.381 e. The molecule has 2 aromatic heterocycles. The number of ether oxygens (including phenoxy) is 1. The fraction of sp³-hybridized carbons (Fsp3) is 0.500. The van der Waals surface area contributed by atoms with E-state index in [0.717, 1.165) is 51.4 Å². The molecule has 8 heteroatoms. The molecule has 4 rings (SSSR count). The molecule has 0 bridgehead atoms. The number of hydrogen-bond donors (Lipinski definition) is 1. The second-order valence-corrected chi connectivity index (χ2v) is 7.06. The lowest BCUT2D eigenvalue weighted by Crippen LogP contribution is -2.28. The molecule has 1 saturated heterocycles. The van der Waals surface area contributed by atoms with E-state index < -0.39 is 0 Å². The number of nitrogens with one attached hydrogen (secondary N) is 1. The summed E-state index contributed by atoms with van der Waals surface area (Å²) in [4.78, 5) is 6.33. The molecule has 7 nitrogen and oxygen atoms in total. The highest BCUT2D eigenvalue weighted by molar-refractivity contribution is 6.31. The van der Waals surface area contributed by atoms with Crippen LogP contribution in [0.1, 0.15) is 35.7 Å². The minimum absolute atomic E-state index is 0.362. The third kappa shape index (κ3) is 3.05. The maximum absolute atomic E-state index is 9.24. The van der Waals surface area contributed by atoms with Crippen LogP contribution in [-0.4, -0.2) is 41.6 Å². The second kappa shape index (κ2) is 7.23. The number of hydrogen-bond acceptors (Lipinski definition) is 6. The van der Waals surface area contributed by atoms with E-state index in [1.165, 1.54) is 17.5 Å². The lowest BCUT2D eigenvalue weighted by Gasteiger charge is -2.25. The predicted molar refractivity (Wildman–Crippen MR) is 98.8 cm³/mol. The standard InChI is InChI=1S/C18H21ClN6O/c1-24(17-8-12(9-20)15(19)11-22-17)18-14-10-21-5-2-16(14)25(23-18)13-3-6-26-7-4-13/h8,11,13,21H,2-7,10H2,1H3. The van der Waals surface area contributed by atoms with Crippen LogP contribution in [0.15, 0.2) is 12.3 Å². The molecular formula is C18H21ClN6O. The van der Waals surface area contributed by atoms with E-state index in [1.807, 2.05) is 11.9 Å². The quantitative estimate of drug-likeness (QED) is 0.892. The maximum atomic E-state index is 9.24. The van der Waals surface area contributed by atoms with Gasteiger partial charge in [0.25, 0.3) is 0 Å². The summed E-state index contributed by atoms with van der Waals surface area (Å²) in [5.41, 5.74) is 2.92. The molecule has 0 aliphatic carbocycles. The van der Waals surface area contributed by atoms with Gasteiger partial charge in [-0.05, 0) is 12.8 Å². The number of pyridine rings is 1. The summed E-state index contributed by atoms with van der Waals surface area (Å²) in [5, 5.41) is 18.0. The van der Waals surface area contributed by atoms with E-state index in [4.69, 9.17) is 21.4 Å². The van der Waals surface area contributed by atoms with Crippen molar-refractivity contribution in [3.8, 4) is 6.07 Å². The Kier molecular flexibility index (Phi) is 4.81. The number of nitrogens with zero attached hydrogens (tertiary/aromatic N) is 5. The Morgan fingerprint density at radius 2 is 2.23 bits per heavy atom. The molecule has 26 heavy (non-hydrogen) atoms. The summed E-state index contributed by atoms with van der Waals surface area (Å²) in [5.74, 6) is 1.55. The zero-order valence-corrected chi connectivity index (χ0v) is 15.5. The Morgan fingerprint density at radius 1 is 1.42 bits per heavy atom. The molecular weight excluding hydrogens is 352 g/mol. The number of aromatic nitrogens is 3. The van der Waals surface area contributed by atoms with Gasteiger partial charge in [-0.25, -0.2) is 4.98 Å². The molecule has 0 amide bonds. The van der Waals surface area contributed by atoms with Gasteiger partial charge in [-0.3, -0.25) is 4.68 Å². The number of halogens is 1. The van der Waals surface area contributed by atoms with Crippen LogP contribution in [0.3, 0.4) is 0 Å². The van der Waals surface area contributed by atoms with Crippen molar-refractivity contribution >= 4 is 23.2 Å². The van der Waals surface area contributed by atoms with E-state index in [9.17, 15) is 5.26 Å². The molecule has 0 atom stereocenters. The van der Waals surface area contributed by atoms with Gasteiger partial charge in [0.15, 0.2) is 5.82 Å². The normalized spacial score (nSPS) is 17.6. The van der Waals surface area contributed by atoms with E-state index in [2.05, 4.69) is 21.1 Å². The van der Waals surface area contributed by atoms with Gasteiger partial charge >= 0.3 is 0 Å². The Bertz CT molecular complexity index is 852. The van der Waals surface area contributed by atoms with Crippen LogP contribution in [0, 0.1) is 11.3 Å². The number of rotatable bonds is 3. The first-order valence-corrected chi connectivity index (χ1v) is 9.25. The summed E-state index contributed by atoms with van der Waals surface area (Å²) < 4.78 is 7.71. The van der Waals surface area contributed by atoms with Crippen LogP contribution in [0.4, 0.5) is 11.6 Å². The van der Waals surface area contributed by atoms with Gasteiger partial charge < -0.3 is 15.0 Å². The van der Waals surface area contributed by atoms with Gasteiger partial charge in [0.2, 0.25) is 0 Å². The highest BCUT2D eigenvalue weighted by Crippen LogP contribution is 2.34. The van der Waals surface area contributed by atoms with Crippen molar-refractivity contribution in [3.05, 3.63) is 34.1 Å². The summed E-state index contributed by atoms with van der Waals surface area (Å²) in [6.07, 6.45) is 4.46. The number of fused-ring (bicyclic) bond motifs is 1. The van der Waals surface area contributed by atoms with Crippen molar-refractivity contribution in [3.63, 3.8) is 0 Å². The van der Waals surface area contributed by atoms with Crippen molar-refractivity contribution in [1.29, 1.82) is 5.26 Å². The van der Waals surface area contributed by atoms with Crippen LogP contribution in [0.5, 0.6) is 0 Å². The van der Waals surface area contributed by atoms with Crippen molar-refractivity contribution in [2.24, 2.45) is 0 Å². The molecule has 0 unspecified atom stereocenters. The summed E-state index contributed by atoms with van der Waals surface area (Å²) >= 11 is 6.02. The fourth-order valence-electron chi connectivity index (χ4n) is 3.66. The molecule has 136 valence electrons. The highest BCUT2D eigenvalue weighted by atomic mass is 35.5. The van der Waals surface area contributed by atoms with Gasteiger partial charge in [-0.1, -0.05) is 11.6 Å². The summed E-state index contributed by atoms with van der Waals surface area (Å²) in [7, 11) is 1.93. The molecule has 2 aliphatic rings. The van der Waals surface area contributed by atoms with Crippen LogP contribution in [-0.2, 0) is 17.7 Å². The zero-order chi connectivity index (χ0) is 18.1. The third-order valence-electron chi connectivity index (χ3n) is 5.10. The number of nitriles is 1. The fourth-order valence-corrected chi connectivity index (χ4v) is 3.81. The van der Waals surface area contributed by atoms with Crippen molar-refractivity contribution in [2.75, 3.05) is 31.7 Å². The van der Waals surface area contributed by atoms with Crippen LogP contribution in [0.25, 0.3) is 0 Å². The molecule has 1 fully saturated rings. The molecule has 4 heterocycles. The smallest absolute Gasteiger partial charge is 0.160 e. The molecule has 1 N–H and O–H groups in total. The molecule has 0 radical (unpaired) electrons. The first-order valence-electron chi connectivity index (χ1n) is 8.87. The van der Waals surface area contributed by atoms with Gasteiger partial charge in [-0.2, -0.15) is 10.4 Å². The van der Waals surface area contributed by atoms with Gasteiger partial charge in [0.05, 0.1) is 16.6 Å². The highest BCUT2D eigenvalue weighted by Gasteiger charge is 2.28. The topological polar surface area (TPSA) is 79.0 Å². The summed E-state index contributed by atoms with van der Waals surface area (Å²) in [6, 6.07) is 4.20. The molecule has 2 aliphatic heterocycles. The minimum atomic E-state index is 0.362. The number of anilines is 2. The van der Waals surface area contributed by atoms with E-state index in [-0.39, 0.29) is 0 Å². The lowest BCUT2D eigenvalue weighted by molar-refractivity contribution is 0.0654. The molecule has 0 aromatic carbocycles. The Morgan fingerprint density at radius 3 is 3.00 bits per heavy atom. The Hall–Kier alpha value is -2.14. The first kappa shape index (κ1) is 17.3. The second-order valence-electron chi connectivity index (χ2n) is 6.66. The van der Waals surface area contributed by atoms with Crippen molar-refractivity contribution in [2.45, 2.75) is 31.8 Å². The molecule has 2 aromatic rings. The lowest BCUT2D eigenvalue weighted by atomic mass is 10.1. The van der Waals surface area contributed by atoms with E-state index in [1.54, 1.807) is 6.07 Å². The Balaban J connectivity index is 1.74. The van der Waals surface area contributed by atoms with E-state index >= 15 is 0 Å². The van der Waals surface area contributed by atoms with Gasteiger partial charge in [-0.15, -0.1) is 0 Å². The zero-order valence-electron chi connectivity index (χ0n) is 14.7. The van der Waals surface area contributed by atoms with Crippen molar-refractivity contribution < 1.29 is 4.74 Å². The average molecular weight is 373 g/mol. The maximum Gasteiger partial charge on any atom is 0.160 e. The first-order chi connectivity index (χ1) is 12.7. The monoisotopic (exact) mass is 372 g/mol. The molecule has 0 spiro atoms. The van der Waals surface area contributed by atoms with Gasteiger partial charge in [0, 0.05) is 63.3 Å². The molecule has 0 saturated carbocycles. The van der Waals surface area contributed by atoms with Crippen molar-refractivity contribution in [1.82, 2.24) is 20.1 Å². The third-order valence-corrected chi connectivity index (χ3v) is 5.40. The largest absolute Gasteiger partial charge is 0.381 e. The SMILES string of the molecule is CN(c1cc(C#N)c(Cl)cn1)c1nn(C2CCOCC2)c2c1CNCC2. The Labute approximate surface area is 157 Å². The van der Waals surface area contributed by atoms with Gasteiger partial charge in [0.1, 0.15) is 11.9 Å².